The molecule has 6 heteroatoms. The van der Waals surface area contributed by atoms with Crippen molar-refractivity contribution in [2.24, 2.45) is 0 Å². The van der Waals surface area contributed by atoms with Crippen LogP contribution in [0.2, 0.25) is 0 Å². The molecule has 3 heterocycles. The Labute approximate surface area is 158 Å². The number of nitrogens with zero attached hydrogens (tertiary/aromatic N) is 1. The number of hydrogen-bond acceptors (Lipinski definition) is 4. The molecule has 0 bridgehead atoms. The molecule has 0 aliphatic heterocycles. The van der Waals surface area contributed by atoms with Crippen LogP contribution in [0.15, 0.2) is 65.6 Å². The Morgan fingerprint density at radius 2 is 1.68 bits per heavy atom. The molecule has 0 amide bonds. The number of H-pyrrole nitrogens is 2. The number of hydrogen-bond donors (Lipinski definition) is 2. The van der Waals surface area contributed by atoms with Crippen molar-refractivity contribution in [2.45, 2.75) is 0 Å². The molecule has 0 aliphatic rings. The van der Waals surface area contributed by atoms with Gasteiger partial charge in [0.25, 0.3) is 0 Å². The van der Waals surface area contributed by atoms with Gasteiger partial charge in [0.05, 0.1) is 12.6 Å². The Bertz CT molecular complexity index is 1450. The fourth-order valence-corrected chi connectivity index (χ4v) is 3.61. The van der Waals surface area contributed by atoms with Gasteiger partial charge in [0.15, 0.2) is 0 Å². The van der Waals surface area contributed by atoms with Crippen molar-refractivity contribution in [1.82, 2.24) is 15.0 Å². The molecular weight excluding hydrogens is 354 g/mol. The molecule has 6 nitrogen and oxygen atoms in total. The lowest BCUT2D eigenvalue weighted by Crippen LogP contribution is -2.07. The molecule has 0 radical (unpaired) electrons. The predicted molar refractivity (Wildman–Crippen MR) is 109 cm³/mol. The van der Waals surface area contributed by atoms with E-state index in [0.717, 1.165) is 21.8 Å². The zero-order valence-corrected chi connectivity index (χ0v) is 14.9. The Kier molecular flexibility index (Phi) is 3.52. The second-order valence-electron chi connectivity index (χ2n) is 6.52. The Balaban J connectivity index is 1.96. The molecule has 5 rings (SSSR count). The molecule has 0 spiro atoms. The van der Waals surface area contributed by atoms with E-state index in [4.69, 9.17) is 4.74 Å². The van der Waals surface area contributed by atoms with Crippen molar-refractivity contribution in [3.63, 3.8) is 0 Å². The number of ether oxygens (including phenoxy) is 1. The van der Waals surface area contributed by atoms with Gasteiger partial charge in [-0.25, -0.2) is 9.78 Å². The van der Waals surface area contributed by atoms with Crippen molar-refractivity contribution in [3.05, 3.63) is 76.7 Å². The fraction of sp³-hybridized carbons (Fsp3) is 0.0455. The summed E-state index contributed by atoms with van der Waals surface area (Å²) < 4.78 is 4.89. The zero-order chi connectivity index (χ0) is 19.3. The summed E-state index contributed by atoms with van der Waals surface area (Å²) in [7, 11) is 1.30. The van der Waals surface area contributed by atoms with E-state index in [9.17, 15) is 9.59 Å². The number of carbonyl (C=O) groups excluding carboxylic acids is 1. The standard InChI is InChI=1S/C22H15N3O3/c1-28-22(27)18-10-14-12-6-3-5-9-17(12)24-19(14)21(26)20(25-18)15-11-23-16-8-4-2-7-13(15)16/h2-11,23-24H,1H3. The van der Waals surface area contributed by atoms with E-state index in [0.29, 0.717) is 16.5 Å². The number of para-hydroxylation sites is 2. The van der Waals surface area contributed by atoms with Gasteiger partial charge in [0.1, 0.15) is 11.4 Å². The van der Waals surface area contributed by atoms with E-state index in [1.807, 2.05) is 48.5 Å². The highest BCUT2D eigenvalue weighted by Crippen LogP contribution is 2.28. The first kappa shape index (κ1) is 16.3. The first-order valence-electron chi connectivity index (χ1n) is 8.78. The number of nitrogens with one attached hydrogen (secondary N) is 2. The fourth-order valence-electron chi connectivity index (χ4n) is 3.61. The lowest BCUT2D eigenvalue weighted by Gasteiger charge is -1.98. The van der Waals surface area contributed by atoms with Gasteiger partial charge in [0, 0.05) is 39.0 Å². The van der Waals surface area contributed by atoms with Gasteiger partial charge in [-0.15, -0.1) is 0 Å². The summed E-state index contributed by atoms with van der Waals surface area (Å²) in [6.45, 7) is 0. The van der Waals surface area contributed by atoms with Crippen LogP contribution >= 0.6 is 0 Å². The smallest absolute Gasteiger partial charge is 0.356 e. The second-order valence-corrected chi connectivity index (χ2v) is 6.52. The SMILES string of the molecule is COC(=O)c1cc2c([nH]c3ccccc32)c(=O)c(-c2c[nH]c3ccccc23)n1. The van der Waals surface area contributed by atoms with Crippen LogP contribution in [0.5, 0.6) is 0 Å². The molecule has 0 fully saturated rings. The molecule has 0 atom stereocenters. The van der Waals surface area contributed by atoms with Crippen molar-refractivity contribution in [1.29, 1.82) is 0 Å². The normalized spacial score (nSPS) is 11.3. The van der Waals surface area contributed by atoms with Gasteiger partial charge in [-0.05, 0) is 18.2 Å². The van der Waals surface area contributed by atoms with Crippen LogP contribution in [0, 0.1) is 0 Å². The number of aromatic amines is 2. The third-order valence-corrected chi connectivity index (χ3v) is 4.94. The molecule has 0 aliphatic carbocycles. The molecule has 2 aromatic carbocycles. The third-order valence-electron chi connectivity index (χ3n) is 4.94. The maximum atomic E-state index is 13.4. The largest absolute Gasteiger partial charge is 0.464 e. The van der Waals surface area contributed by atoms with Gasteiger partial charge < -0.3 is 14.7 Å². The van der Waals surface area contributed by atoms with E-state index < -0.39 is 5.97 Å². The van der Waals surface area contributed by atoms with E-state index in [1.165, 1.54) is 7.11 Å². The number of fused-ring (bicyclic) bond motifs is 4. The van der Waals surface area contributed by atoms with Gasteiger partial charge in [-0.3, -0.25) is 4.79 Å². The monoisotopic (exact) mass is 369 g/mol. The first-order chi connectivity index (χ1) is 13.7. The van der Waals surface area contributed by atoms with E-state index in [2.05, 4.69) is 15.0 Å². The number of aromatic nitrogens is 3. The number of esters is 1. The quantitative estimate of drug-likeness (QED) is 0.460. The maximum Gasteiger partial charge on any atom is 0.356 e. The van der Waals surface area contributed by atoms with Gasteiger partial charge in [0.2, 0.25) is 5.43 Å². The minimum absolute atomic E-state index is 0.0830. The first-order valence-corrected chi connectivity index (χ1v) is 8.78. The number of carbonyl (C=O) groups is 1. The lowest BCUT2D eigenvalue weighted by molar-refractivity contribution is 0.0594. The Morgan fingerprint density at radius 3 is 2.46 bits per heavy atom. The zero-order valence-electron chi connectivity index (χ0n) is 14.9. The van der Waals surface area contributed by atoms with Crippen LogP contribution in [0.1, 0.15) is 10.5 Å². The van der Waals surface area contributed by atoms with Gasteiger partial charge >= 0.3 is 5.97 Å². The van der Waals surface area contributed by atoms with Crippen LogP contribution in [0.25, 0.3) is 44.0 Å². The number of methoxy groups -OCH3 is 1. The highest BCUT2D eigenvalue weighted by Gasteiger charge is 2.18. The summed E-state index contributed by atoms with van der Waals surface area (Å²) in [5, 5.41) is 2.35. The van der Waals surface area contributed by atoms with Crippen molar-refractivity contribution >= 4 is 38.7 Å². The van der Waals surface area contributed by atoms with Crippen molar-refractivity contribution in [2.75, 3.05) is 7.11 Å². The van der Waals surface area contributed by atoms with Crippen molar-refractivity contribution in [3.8, 4) is 11.3 Å². The highest BCUT2D eigenvalue weighted by atomic mass is 16.5. The average Bonchev–Trinajstić information content (AvgIpc) is 3.28. The molecule has 0 unspecified atom stereocenters. The summed E-state index contributed by atoms with van der Waals surface area (Å²) in [5.41, 5.74) is 2.76. The average molecular weight is 369 g/mol. The van der Waals surface area contributed by atoms with Crippen molar-refractivity contribution < 1.29 is 9.53 Å². The summed E-state index contributed by atoms with van der Waals surface area (Å²) in [6, 6.07) is 16.8. The Hall–Kier alpha value is -3.93. The topological polar surface area (TPSA) is 87.8 Å². The molecule has 0 saturated heterocycles. The molecule has 2 N–H and O–H groups in total. The minimum atomic E-state index is -0.594. The summed E-state index contributed by atoms with van der Waals surface area (Å²) >= 11 is 0. The molecular formula is C22H15N3O3. The number of rotatable bonds is 2. The second kappa shape index (κ2) is 6.06. The van der Waals surface area contributed by atoms with Crippen LogP contribution in [-0.4, -0.2) is 28.0 Å². The van der Waals surface area contributed by atoms with Gasteiger partial charge in [-0.2, -0.15) is 0 Å². The third kappa shape index (κ3) is 2.31. The summed E-state index contributed by atoms with van der Waals surface area (Å²) in [4.78, 5) is 36.6. The molecule has 28 heavy (non-hydrogen) atoms. The highest BCUT2D eigenvalue weighted by molar-refractivity contribution is 6.09. The molecule has 5 aromatic rings. The summed E-state index contributed by atoms with van der Waals surface area (Å²) in [6.07, 6.45) is 1.74. The maximum absolute atomic E-state index is 13.4. The van der Waals surface area contributed by atoms with E-state index >= 15 is 0 Å². The van der Waals surface area contributed by atoms with E-state index in [1.54, 1.807) is 12.3 Å². The van der Waals surface area contributed by atoms with Gasteiger partial charge in [-0.1, -0.05) is 36.4 Å². The molecule has 3 aromatic heterocycles. The molecule has 0 saturated carbocycles. The van der Waals surface area contributed by atoms with E-state index in [-0.39, 0.29) is 16.8 Å². The predicted octanol–water partition coefficient (Wildman–Crippen LogP) is 4.01. The Morgan fingerprint density at radius 1 is 0.964 bits per heavy atom. The van der Waals surface area contributed by atoms with Crippen LogP contribution in [0.3, 0.4) is 0 Å². The number of benzene rings is 2. The van der Waals surface area contributed by atoms with Crippen LogP contribution in [-0.2, 0) is 4.74 Å². The molecule has 136 valence electrons. The summed E-state index contributed by atoms with van der Waals surface area (Å²) in [5.74, 6) is -0.594. The lowest BCUT2D eigenvalue weighted by atomic mass is 10.1. The minimum Gasteiger partial charge on any atom is -0.464 e. The van der Waals surface area contributed by atoms with Crippen LogP contribution in [0.4, 0.5) is 0 Å². The van der Waals surface area contributed by atoms with Crippen LogP contribution < -0.4 is 5.43 Å².